The third-order valence-electron chi connectivity index (χ3n) is 17.6. The molecule has 0 spiro atoms. The number of hydrogen-bond donors (Lipinski definition) is 3. The monoisotopic (exact) mass is 1410 g/mol. The quantitative estimate of drug-likeness (QED) is 0.0169. The molecule has 0 aromatic heterocycles. The number of aliphatic hydroxyl groups excluding tert-OH is 1. The molecule has 0 amide bonds. The summed E-state index contributed by atoms with van der Waals surface area (Å²) in [6, 6.07) is 0. The Morgan fingerprint density at radius 1 is 0.344 bits per heavy atom. The maximum atomic E-state index is 13.1. The smallest absolute Gasteiger partial charge is 0.462 e. The zero-order valence-electron chi connectivity index (χ0n) is 62.3. The van der Waals surface area contributed by atoms with Crippen LogP contribution in [0.2, 0.25) is 0 Å². The second-order valence-corrected chi connectivity index (χ2v) is 31.2. The number of hydrogen-bond acceptors (Lipinski definition) is 15. The summed E-state index contributed by atoms with van der Waals surface area (Å²) in [5.41, 5.74) is 0. The fourth-order valence-corrected chi connectivity index (χ4v) is 12.8. The number of rotatable bonds is 73. The lowest BCUT2D eigenvalue weighted by Gasteiger charge is -2.21. The molecule has 4 unspecified atom stereocenters. The van der Waals surface area contributed by atoms with Gasteiger partial charge in [0.1, 0.15) is 19.3 Å². The van der Waals surface area contributed by atoms with Crippen LogP contribution >= 0.6 is 15.6 Å². The maximum Gasteiger partial charge on any atom is 0.472 e. The third kappa shape index (κ3) is 68.7. The normalized spacial score (nSPS) is 14.5. The van der Waals surface area contributed by atoms with Gasteiger partial charge in [-0.25, -0.2) is 9.13 Å². The van der Waals surface area contributed by atoms with Crippen molar-refractivity contribution in [2.75, 3.05) is 39.6 Å². The van der Waals surface area contributed by atoms with Gasteiger partial charge in [-0.3, -0.25) is 37.3 Å². The van der Waals surface area contributed by atoms with Crippen LogP contribution in [0.15, 0.2) is 24.3 Å². The minimum Gasteiger partial charge on any atom is -0.462 e. The van der Waals surface area contributed by atoms with E-state index in [-0.39, 0.29) is 25.7 Å². The van der Waals surface area contributed by atoms with Crippen molar-refractivity contribution in [2.24, 2.45) is 17.8 Å². The van der Waals surface area contributed by atoms with E-state index < -0.39 is 97.5 Å². The molecule has 19 heteroatoms. The first-order chi connectivity index (χ1) is 46.3. The zero-order chi connectivity index (χ0) is 70.9. The molecule has 0 aliphatic rings. The number of carbonyl (C=O) groups excluding carboxylic acids is 4. The van der Waals surface area contributed by atoms with Crippen molar-refractivity contribution in [2.45, 2.75) is 388 Å². The van der Waals surface area contributed by atoms with Gasteiger partial charge < -0.3 is 33.8 Å². The largest absolute Gasteiger partial charge is 0.472 e. The highest BCUT2D eigenvalue weighted by atomic mass is 31.2. The molecule has 0 aromatic rings. The topological polar surface area (TPSA) is 237 Å². The van der Waals surface area contributed by atoms with Crippen molar-refractivity contribution >= 4 is 39.5 Å². The van der Waals surface area contributed by atoms with Crippen molar-refractivity contribution in [3.8, 4) is 0 Å². The Bertz CT molecular complexity index is 1970. The van der Waals surface area contributed by atoms with Crippen LogP contribution < -0.4 is 0 Å². The van der Waals surface area contributed by atoms with Crippen molar-refractivity contribution in [3.05, 3.63) is 24.3 Å². The van der Waals surface area contributed by atoms with Gasteiger partial charge in [0.15, 0.2) is 12.2 Å². The van der Waals surface area contributed by atoms with E-state index in [9.17, 15) is 43.2 Å². The zero-order valence-corrected chi connectivity index (χ0v) is 64.1. The van der Waals surface area contributed by atoms with Crippen LogP contribution in [0.3, 0.4) is 0 Å². The van der Waals surface area contributed by atoms with Gasteiger partial charge in [-0.15, -0.1) is 0 Å². The molecule has 0 heterocycles. The van der Waals surface area contributed by atoms with Crippen LogP contribution in [-0.2, 0) is 65.4 Å². The summed E-state index contributed by atoms with van der Waals surface area (Å²) in [5, 5.41) is 10.6. The number of aliphatic hydroxyl groups is 1. The van der Waals surface area contributed by atoms with Crippen molar-refractivity contribution < 1.29 is 80.2 Å². The summed E-state index contributed by atoms with van der Waals surface area (Å²) in [5.74, 6) is 0.0967. The molecule has 0 saturated heterocycles. The summed E-state index contributed by atoms with van der Waals surface area (Å²) < 4.78 is 68.4. The van der Waals surface area contributed by atoms with Gasteiger partial charge in [-0.05, 0) is 69.1 Å². The van der Waals surface area contributed by atoms with E-state index in [4.69, 9.17) is 37.0 Å². The summed E-state index contributed by atoms with van der Waals surface area (Å²) >= 11 is 0. The molecular formula is C77H146O17P2. The minimum atomic E-state index is -4.96. The number of esters is 4. The van der Waals surface area contributed by atoms with Crippen molar-refractivity contribution in [1.29, 1.82) is 0 Å². The Kier molecular flexibility index (Phi) is 65.3. The molecule has 0 aliphatic heterocycles. The Hall–Kier alpha value is -2.46. The lowest BCUT2D eigenvalue weighted by molar-refractivity contribution is -0.161. The highest BCUT2D eigenvalue weighted by molar-refractivity contribution is 7.47. The molecule has 0 aliphatic carbocycles. The first-order valence-corrected chi connectivity index (χ1v) is 42.2. The molecule has 0 rings (SSSR count). The second-order valence-electron chi connectivity index (χ2n) is 28.3. The molecule has 6 atom stereocenters. The second kappa shape index (κ2) is 67.1. The van der Waals surface area contributed by atoms with E-state index in [2.05, 4.69) is 72.8 Å². The Morgan fingerprint density at radius 3 is 0.927 bits per heavy atom. The summed E-state index contributed by atoms with van der Waals surface area (Å²) in [6.07, 6.45) is 56.7. The van der Waals surface area contributed by atoms with Crippen molar-refractivity contribution in [3.63, 3.8) is 0 Å². The van der Waals surface area contributed by atoms with Gasteiger partial charge in [0.05, 0.1) is 26.4 Å². The lowest BCUT2D eigenvalue weighted by atomic mass is 9.99. The highest BCUT2D eigenvalue weighted by Crippen LogP contribution is 2.45. The first-order valence-electron chi connectivity index (χ1n) is 39.2. The van der Waals surface area contributed by atoms with Gasteiger partial charge in [-0.2, -0.15) is 0 Å². The van der Waals surface area contributed by atoms with Gasteiger partial charge in [0.25, 0.3) is 0 Å². The highest BCUT2D eigenvalue weighted by Gasteiger charge is 2.30. The summed E-state index contributed by atoms with van der Waals surface area (Å²) in [4.78, 5) is 72.7. The first kappa shape index (κ1) is 93.5. The average Bonchev–Trinajstić information content (AvgIpc) is 1.33. The molecule has 0 saturated carbocycles. The predicted octanol–water partition coefficient (Wildman–Crippen LogP) is 22.1. The molecule has 96 heavy (non-hydrogen) atoms. The number of unbranched alkanes of at least 4 members (excludes halogenated alkanes) is 37. The van der Waals surface area contributed by atoms with Crippen LogP contribution in [0, 0.1) is 17.8 Å². The number of allylic oxidation sites excluding steroid dienone is 4. The Labute approximate surface area is 586 Å². The van der Waals surface area contributed by atoms with Crippen LogP contribution in [0.1, 0.15) is 370 Å². The summed E-state index contributed by atoms with van der Waals surface area (Å²) in [7, 11) is -9.92. The van der Waals surface area contributed by atoms with Crippen LogP contribution in [-0.4, -0.2) is 96.7 Å². The van der Waals surface area contributed by atoms with Gasteiger partial charge in [0.2, 0.25) is 0 Å². The molecule has 0 radical (unpaired) electrons. The molecule has 0 fully saturated rings. The number of ether oxygens (including phenoxy) is 4. The molecule has 3 N–H and O–H groups in total. The average molecular weight is 1410 g/mol. The Morgan fingerprint density at radius 2 is 0.615 bits per heavy atom. The molecule has 17 nitrogen and oxygen atoms in total. The van der Waals surface area contributed by atoms with Crippen LogP contribution in [0.4, 0.5) is 0 Å². The number of carbonyl (C=O) groups is 4. The summed E-state index contributed by atoms with van der Waals surface area (Å²) in [6.45, 7) is 11.8. The predicted molar refractivity (Wildman–Crippen MR) is 390 cm³/mol. The number of phosphoric acid groups is 2. The van der Waals surface area contributed by atoms with E-state index in [1.165, 1.54) is 154 Å². The molecule has 0 bridgehead atoms. The SMILES string of the molecule is CCCCCC/C=C\C=C/CCCCCCCC(=O)O[C@H](COC(=O)CCCCCCCCC(C)C)COP(=O)(O)OCC(O)COP(=O)(O)OC[C@@H](COC(=O)CCCCCCCCCC(C)C)OC(=O)CCCCCCCCCCCCCCCCCCCCC(C)CC. The standard InChI is InChI=1S/C77H146O17P2/c1-8-10-11-12-13-14-15-16-21-25-28-31-36-46-53-61-77(82)94-73(65-88-75(80)59-52-45-40-39-42-49-56-69(5)6)67-92-96(85,86)90-63-71(78)62-89-95(83,84)91-66-72(64-87-74(79)58-51-44-38-33-34-41-48-55-68(3)4)93-76(81)60-54-47-37-32-29-26-23-20-18-17-19-22-24-27-30-35-43-50-57-70(7)9-2/h14-16,21,68-73,78H,8-13,17-20,22-67H2,1-7H3,(H,83,84)(H,85,86)/b15-14-,21-16-/t70?,71?,72-,73-/m1/s1. The molecule has 0 aromatic carbocycles. The number of phosphoric ester groups is 2. The molecule has 566 valence electrons. The van der Waals surface area contributed by atoms with Crippen molar-refractivity contribution in [1.82, 2.24) is 0 Å². The fourth-order valence-electron chi connectivity index (χ4n) is 11.2. The molecular weight excluding hydrogens is 1260 g/mol. The maximum absolute atomic E-state index is 13.1. The van der Waals surface area contributed by atoms with Gasteiger partial charge in [-0.1, -0.05) is 317 Å². The minimum absolute atomic E-state index is 0.0836. The van der Waals surface area contributed by atoms with E-state index in [1.54, 1.807) is 0 Å². The van der Waals surface area contributed by atoms with E-state index >= 15 is 0 Å². The Balaban J connectivity index is 5.18. The van der Waals surface area contributed by atoms with Gasteiger partial charge >= 0.3 is 39.5 Å². The van der Waals surface area contributed by atoms with Gasteiger partial charge in [0, 0.05) is 25.7 Å². The van der Waals surface area contributed by atoms with E-state index in [0.29, 0.717) is 37.5 Å². The van der Waals surface area contributed by atoms with Crippen LogP contribution in [0.25, 0.3) is 0 Å². The third-order valence-corrected chi connectivity index (χ3v) is 19.5. The van der Waals surface area contributed by atoms with Crippen LogP contribution in [0.5, 0.6) is 0 Å². The van der Waals surface area contributed by atoms with E-state index in [0.717, 1.165) is 121 Å². The fraction of sp³-hybridized carbons (Fsp3) is 0.896. The lowest BCUT2D eigenvalue weighted by Crippen LogP contribution is -2.30. The van der Waals surface area contributed by atoms with E-state index in [1.807, 2.05) is 0 Å².